The van der Waals surface area contributed by atoms with Crippen molar-refractivity contribution in [2.24, 2.45) is 0 Å². The highest BCUT2D eigenvalue weighted by Crippen LogP contribution is 2.29. The summed E-state index contributed by atoms with van der Waals surface area (Å²) in [6.07, 6.45) is 0. The van der Waals surface area contributed by atoms with Crippen LogP contribution in [-0.2, 0) is 0 Å². The molecule has 0 fully saturated rings. The van der Waals surface area contributed by atoms with Gasteiger partial charge in [-0.25, -0.2) is 4.98 Å². The molecule has 0 saturated carbocycles. The van der Waals surface area contributed by atoms with Gasteiger partial charge in [0.15, 0.2) is 5.58 Å². The topological polar surface area (TPSA) is 26.0 Å². The van der Waals surface area contributed by atoms with Gasteiger partial charge in [0.2, 0.25) is 5.89 Å². The van der Waals surface area contributed by atoms with Gasteiger partial charge in [-0.1, -0.05) is 49.4 Å². The van der Waals surface area contributed by atoms with Crippen LogP contribution >= 0.6 is 11.8 Å². The normalized spacial score (nSPS) is 11.0. The Labute approximate surface area is 145 Å². The molecule has 118 valence electrons. The lowest BCUT2D eigenvalue weighted by Gasteiger charge is -2.02. The maximum absolute atomic E-state index is 5.91. The number of fused-ring (bicyclic) bond motifs is 1. The van der Waals surface area contributed by atoms with Crippen LogP contribution in [0.25, 0.3) is 33.7 Å². The van der Waals surface area contributed by atoms with E-state index in [1.54, 1.807) is 0 Å². The molecular formula is C21H17NOS. The molecule has 0 bridgehead atoms. The molecule has 24 heavy (non-hydrogen) atoms. The van der Waals surface area contributed by atoms with Crippen molar-refractivity contribution in [2.45, 2.75) is 11.8 Å². The minimum atomic E-state index is 0.670. The summed E-state index contributed by atoms with van der Waals surface area (Å²) in [7, 11) is 0. The van der Waals surface area contributed by atoms with Crippen LogP contribution in [0, 0.1) is 0 Å². The number of thioether (sulfide) groups is 1. The largest absolute Gasteiger partial charge is 0.436 e. The molecule has 4 rings (SSSR count). The molecule has 3 aromatic carbocycles. The first kappa shape index (κ1) is 15.0. The summed E-state index contributed by atoms with van der Waals surface area (Å²) < 4.78 is 5.91. The van der Waals surface area contributed by atoms with Crippen molar-refractivity contribution in [3.8, 4) is 22.6 Å². The van der Waals surface area contributed by atoms with E-state index in [2.05, 4.69) is 72.6 Å². The van der Waals surface area contributed by atoms with Crippen molar-refractivity contribution in [3.05, 3.63) is 72.8 Å². The third-order valence-electron chi connectivity index (χ3n) is 3.91. The first-order valence-corrected chi connectivity index (χ1v) is 9.01. The Hall–Kier alpha value is -2.52. The summed E-state index contributed by atoms with van der Waals surface area (Å²) in [6, 6.07) is 24.9. The Kier molecular flexibility index (Phi) is 4.09. The molecule has 0 saturated heterocycles. The number of benzene rings is 3. The van der Waals surface area contributed by atoms with E-state index in [4.69, 9.17) is 4.42 Å². The molecule has 0 aliphatic carbocycles. The molecule has 0 radical (unpaired) electrons. The third kappa shape index (κ3) is 2.95. The summed E-state index contributed by atoms with van der Waals surface area (Å²) in [5.74, 6) is 1.72. The number of nitrogens with zero attached hydrogens (tertiary/aromatic N) is 1. The summed E-state index contributed by atoms with van der Waals surface area (Å²) in [6.45, 7) is 2.15. The van der Waals surface area contributed by atoms with E-state index in [0.29, 0.717) is 5.89 Å². The highest BCUT2D eigenvalue weighted by atomic mass is 32.2. The van der Waals surface area contributed by atoms with E-state index >= 15 is 0 Å². The van der Waals surface area contributed by atoms with Gasteiger partial charge in [-0.3, -0.25) is 0 Å². The predicted octanol–water partition coefficient (Wildman–Crippen LogP) is 6.27. The lowest BCUT2D eigenvalue weighted by Crippen LogP contribution is -1.80. The third-order valence-corrected chi connectivity index (χ3v) is 4.78. The molecule has 2 nitrogen and oxygen atoms in total. The zero-order chi connectivity index (χ0) is 16.4. The second kappa shape index (κ2) is 6.54. The van der Waals surface area contributed by atoms with Crippen LogP contribution in [0.5, 0.6) is 0 Å². The molecule has 4 aromatic rings. The van der Waals surface area contributed by atoms with Gasteiger partial charge in [-0.2, -0.15) is 0 Å². The van der Waals surface area contributed by atoms with Crippen LogP contribution in [0.3, 0.4) is 0 Å². The number of aromatic nitrogens is 1. The summed E-state index contributed by atoms with van der Waals surface area (Å²) >= 11 is 1.81. The summed E-state index contributed by atoms with van der Waals surface area (Å²) in [4.78, 5) is 5.87. The van der Waals surface area contributed by atoms with Crippen LogP contribution in [0.4, 0.5) is 0 Å². The van der Waals surface area contributed by atoms with Crippen LogP contribution in [0.15, 0.2) is 82.1 Å². The fourth-order valence-corrected chi connectivity index (χ4v) is 3.42. The Bertz CT molecular complexity index is 958. The smallest absolute Gasteiger partial charge is 0.227 e. The number of hydrogen-bond acceptors (Lipinski definition) is 3. The van der Waals surface area contributed by atoms with Gasteiger partial charge >= 0.3 is 0 Å². The lowest BCUT2D eigenvalue weighted by atomic mass is 10.0. The van der Waals surface area contributed by atoms with Gasteiger partial charge in [0.1, 0.15) is 5.52 Å². The first-order chi connectivity index (χ1) is 11.8. The van der Waals surface area contributed by atoms with Crippen LogP contribution < -0.4 is 0 Å². The Morgan fingerprint density at radius 1 is 0.833 bits per heavy atom. The summed E-state index contributed by atoms with van der Waals surface area (Å²) in [5, 5.41) is 0. The summed E-state index contributed by atoms with van der Waals surface area (Å²) in [5.41, 5.74) is 5.14. The molecule has 3 heteroatoms. The zero-order valence-corrected chi connectivity index (χ0v) is 14.2. The maximum atomic E-state index is 5.91. The van der Waals surface area contributed by atoms with Crippen molar-refractivity contribution < 1.29 is 4.42 Å². The molecule has 0 unspecified atom stereocenters. The molecule has 0 aliphatic heterocycles. The minimum absolute atomic E-state index is 0.670. The number of hydrogen-bond donors (Lipinski definition) is 0. The molecule has 1 aromatic heterocycles. The van der Waals surface area contributed by atoms with Gasteiger partial charge in [-0.05, 0) is 47.2 Å². The van der Waals surface area contributed by atoms with Gasteiger partial charge in [-0.15, -0.1) is 11.8 Å². The van der Waals surface area contributed by atoms with Gasteiger partial charge in [0.05, 0.1) is 0 Å². The van der Waals surface area contributed by atoms with Crippen LogP contribution in [-0.4, -0.2) is 10.7 Å². The van der Waals surface area contributed by atoms with Gasteiger partial charge in [0, 0.05) is 10.5 Å². The van der Waals surface area contributed by atoms with Crippen molar-refractivity contribution >= 4 is 22.9 Å². The molecule has 1 heterocycles. The van der Waals surface area contributed by atoms with Crippen molar-refractivity contribution in [1.82, 2.24) is 4.98 Å². The average molecular weight is 331 g/mol. The molecule has 0 aliphatic rings. The van der Waals surface area contributed by atoms with Crippen LogP contribution in [0.2, 0.25) is 0 Å². The second-order valence-electron chi connectivity index (χ2n) is 5.52. The van der Waals surface area contributed by atoms with E-state index in [9.17, 15) is 0 Å². The van der Waals surface area contributed by atoms with Gasteiger partial charge < -0.3 is 4.42 Å². The lowest BCUT2D eigenvalue weighted by molar-refractivity contribution is 0.620. The fraction of sp³-hybridized carbons (Fsp3) is 0.0952. The molecule has 0 amide bonds. The van der Waals surface area contributed by atoms with E-state index < -0.39 is 0 Å². The van der Waals surface area contributed by atoms with E-state index in [0.717, 1.165) is 22.4 Å². The maximum Gasteiger partial charge on any atom is 0.227 e. The van der Waals surface area contributed by atoms with Crippen molar-refractivity contribution in [1.29, 1.82) is 0 Å². The minimum Gasteiger partial charge on any atom is -0.436 e. The van der Waals surface area contributed by atoms with E-state index in [1.165, 1.54) is 16.0 Å². The molecular weight excluding hydrogens is 314 g/mol. The van der Waals surface area contributed by atoms with Crippen LogP contribution in [0.1, 0.15) is 6.92 Å². The Morgan fingerprint density at radius 2 is 1.54 bits per heavy atom. The Balaban J connectivity index is 1.67. The molecule has 0 spiro atoms. The first-order valence-electron chi connectivity index (χ1n) is 8.03. The highest BCUT2D eigenvalue weighted by molar-refractivity contribution is 7.99. The van der Waals surface area contributed by atoms with Gasteiger partial charge in [0.25, 0.3) is 0 Å². The van der Waals surface area contributed by atoms with Crippen molar-refractivity contribution in [2.75, 3.05) is 5.75 Å². The van der Waals surface area contributed by atoms with E-state index in [1.807, 2.05) is 23.9 Å². The SMILES string of the molecule is CCSc1ccc2oc(-c3ccc(-c4ccccc4)cc3)nc2c1. The number of oxazole rings is 1. The predicted molar refractivity (Wildman–Crippen MR) is 101 cm³/mol. The Morgan fingerprint density at radius 3 is 2.29 bits per heavy atom. The molecule has 0 N–H and O–H groups in total. The standard InChI is InChI=1S/C21H17NOS/c1-2-24-18-12-13-20-19(14-18)22-21(23-20)17-10-8-16(9-11-17)15-6-4-3-5-7-15/h3-14H,2H2,1H3. The zero-order valence-electron chi connectivity index (χ0n) is 13.4. The fourth-order valence-electron chi connectivity index (χ4n) is 2.72. The van der Waals surface area contributed by atoms with Crippen molar-refractivity contribution in [3.63, 3.8) is 0 Å². The molecule has 0 atom stereocenters. The highest BCUT2D eigenvalue weighted by Gasteiger charge is 2.09. The average Bonchev–Trinajstić information content (AvgIpc) is 3.06. The van der Waals surface area contributed by atoms with E-state index in [-0.39, 0.29) is 0 Å². The number of rotatable bonds is 4. The monoisotopic (exact) mass is 331 g/mol. The quantitative estimate of drug-likeness (QED) is 0.412. The second-order valence-corrected chi connectivity index (χ2v) is 6.86.